The Morgan fingerprint density at radius 1 is 0.818 bits per heavy atom. The molecule has 0 unspecified atom stereocenters. The van der Waals surface area contributed by atoms with Crippen LogP contribution >= 0.6 is 0 Å². The van der Waals surface area contributed by atoms with Gasteiger partial charge >= 0.3 is 0 Å². The second-order valence-corrected chi connectivity index (χ2v) is 5.04. The summed E-state index contributed by atoms with van der Waals surface area (Å²) in [5, 5.41) is 2.81. The molecule has 22 heavy (non-hydrogen) atoms. The van der Waals surface area contributed by atoms with Crippen LogP contribution < -0.4 is 28.3 Å². The molecular weight excluding hydrogens is 282 g/mol. The number of hydrogen-bond acceptors (Lipinski definition) is 7. The van der Waals surface area contributed by atoms with Gasteiger partial charge in [-0.25, -0.2) is 0 Å². The van der Waals surface area contributed by atoms with Crippen molar-refractivity contribution in [1.82, 2.24) is 0 Å². The van der Waals surface area contributed by atoms with Gasteiger partial charge in [0.2, 0.25) is 0 Å². The maximum Gasteiger partial charge on any atom is 0.198 e. The summed E-state index contributed by atoms with van der Waals surface area (Å²) in [5.41, 5.74) is 25.0. The van der Waals surface area contributed by atoms with E-state index in [0.717, 1.165) is 0 Å². The number of nitrogens with one attached hydrogen (secondary N) is 1. The normalized spacial score (nSPS) is 12.8. The lowest BCUT2D eigenvalue weighted by atomic mass is 9.81. The molecule has 0 spiro atoms. The van der Waals surface area contributed by atoms with Gasteiger partial charge in [-0.3, -0.25) is 9.59 Å². The van der Waals surface area contributed by atoms with Crippen LogP contribution in [0.25, 0.3) is 0 Å². The molecule has 0 atom stereocenters. The van der Waals surface area contributed by atoms with Gasteiger partial charge in [0.05, 0.1) is 39.4 Å². The van der Waals surface area contributed by atoms with E-state index in [9.17, 15) is 9.59 Å². The molecule has 9 N–H and O–H groups in total. The average molecular weight is 297 g/mol. The molecule has 0 aromatic heterocycles. The van der Waals surface area contributed by atoms with Crippen LogP contribution in [0.15, 0.2) is 18.2 Å². The van der Waals surface area contributed by atoms with E-state index in [0.29, 0.717) is 5.69 Å². The van der Waals surface area contributed by atoms with Crippen molar-refractivity contribution < 1.29 is 9.59 Å². The third-order valence-electron chi connectivity index (χ3n) is 3.89. The second-order valence-electron chi connectivity index (χ2n) is 5.04. The van der Waals surface area contributed by atoms with Crippen molar-refractivity contribution in [2.24, 2.45) is 0 Å². The van der Waals surface area contributed by atoms with E-state index in [1.165, 1.54) is 0 Å². The summed E-state index contributed by atoms with van der Waals surface area (Å²) in [4.78, 5) is 25.5. The Hall–Kier alpha value is -3.22. The summed E-state index contributed by atoms with van der Waals surface area (Å²) in [6, 6.07) is 4.71. The highest BCUT2D eigenvalue weighted by atomic mass is 16.1. The average Bonchev–Trinajstić information content (AvgIpc) is 2.49. The van der Waals surface area contributed by atoms with Gasteiger partial charge in [0.25, 0.3) is 0 Å². The predicted octanol–water partition coefficient (Wildman–Crippen LogP) is 0.832. The minimum atomic E-state index is -0.443. The SMILES string of the molecule is CNc1c(N)c(N)c2c(c1N)C(=O)c1cccc(N)c1C2=O. The number of nitrogens with two attached hydrogens (primary N) is 4. The fraction of sp³-hybridized carbons (Fsp3) is 0.0667. The van der Waals surface area contributed by atoms with E-state index in [4.69, 9.17) is 22.9 Å². The predicted molar refractivity (Wildman–Crippen MR) is 86.9 cm³/mol. The van der Waals surface area contributed by atoms with Crippen LogP contribution in [0.1, 0.15) is 31.8 Å². The van der Waals surface area contributed by atoms with E-state index >= 15 is 0 Å². The minimum Gasteiger partial charge on any atom is -0.398 e. The van der Waals surface area contributed by atoms with Crippen LogP contribution in [0, 0.1) is 0 Å². The lowest BCUT2D eigenvalue weighted by Crippen LogP contribution is -2.26. The Labute approximate surface area is 126 Å². The fourth-order valence-electron chi connectivity index (χ4n) is 2.82. The van der Waals surface area contributed by atoms with Crippen molar-refractivity contribution >= 4 is 40.0 Å². The summed E-state index contributed by atoms with van der Waals surface area (Å²) in [5.74, 6) is -0.834. The summed E-state index contributed by atoms with van der Waals surface area (Å²) < 4.78 is 0. The lowest BCUT2D eigenvalue weighted by Gasteiger charge is -2.24. The summed E-state index contributed by atoms with van der Waals surface area (Å²) >= 11 is 0. The zero-order valence-corrected chi connectivity index (χ0v) is 11.9. The standard InChI is InChI=1S/C15H15N5O2/c1-20-13-11(18)9-8(10(17)12(13)19)15(22)7-5(14(9)21)3-2-4-6(7)16/h2-4,20H,16-19H2,1H3. The molecule has 2 aromatic carbocycles. The van der Waals surface area contributed by atoms with Crippen molar-refractivity contribution in [2.45, 2.75) is 0 Å². The number of anilines is 5. The first kappa shape index (κ1) is 13.7. The van der Waals surface area contributed by atoms with Crippen molar-refractivity contribution in [3.63, 3.8) is 0 Å². The third-order valence-corrected chi connectivity index (χ3v) is 3.89. The second kappa shape index (κ2) is 4.39. The van der Waals surface area contributed by atoms with Crippen molar-refractivity contribution in [2.75, 3.05) is 35.3 Å². The number of hydrogen-bond donors (Lipinski definition) is 5. The smallest absolute Gasteiger partial charge is 0.198 e. The Kier molecular flexibility index (Phi) is 2.74. The molecule has 0 saturated carbocycles. The summed E-state index contributed by atoms with van der Waals surface area (Å²) in [7, 11) is 1.61. The molecule has 0 amide bonds. The molecule has 0 radical (unpaired) electrons. The number of rotatable bonds is 1. The van der Waals surface area contributed by atoms with Gasteiger partial charge < -0.3 is 28.3 Å². The fourth-order valence-corrected chi connectivity index (χ4v) is 2.82. The lowest BCUT2D eigenvalue weighted by molar-refractivity contribution is 0.0981. The van der Waals surface area contributed by atoms with Gasteiger partial charge in [-0.05, 0) is 6.07 Å². The zero-order valence-electron chi connectivity index (χ0n) is 11.9. The first-order valence-corrected chi connectivity index (χ1v) is 6.56. The molecule has 0 saturated heterocycles. The molecular formula is C15H15N5O2. The number of benzene rings is 2. The topological polar surface area (TPSA) is 150 Å². The highest BCUT2D eigenvalue weighted by molar-refractivity contribution is 6.34. The Morgan fingerprint density at radius 3 is 2.09 bits per heavy atom. The number of carbonyl (C=O) groups excluding carboxylic acids is 2. The van der Waals surface area contributed by atoms with Gasteiger partial charge in [-0.1, -0.05) is 12.1 Å². The quantitative estimate of drug-likeness (QED) is 0.417. The van der Waals surface area contributed by atoms with Crippen LogP contribution in [0.2, 0.25) is 0 Å². The molecule has 0 bridgehead atoms. The van der Waals surface area contributed by atoms with E-state index in [2.05, 4.69) is 5.32 Å². The zero-order chi connectivity index (χ0) is 16.2. The van der Waals surface area contributed by atoms with Gasteiger partial charge in [0.15, 0.2) is 11.6 Å². The molecule has 3 rings (SSSR count). The monoisotopic (exact) mass is 297 g/mol. The molecule has 0 fully saturated rings. The van der Waals surface area contributed by atoms with Crippen LogP contribution in [0.4, 0.5) is 28.4 Å². The van der Waals surface area contributed by atoms with Crippen LogP contribution in [-0.4, -0.2) is 18.6 Å². The highest BCUT2D eigenvalue weighted by Crippen LogP contribution is 2.43. The number of carbonyl (C=O) groups is 2. The van der Waals surface area contributed by atoms with Crippen molar-refractivity contribution in [3.8, 4) is 0 Å². The largest absolute Gasteiger partial charge is 0.398 e. The van der Waals surface area contributed by atoms with E-state index in [-0.39, 0.29) is 45.0 Å². The Morgan fingerprint density at radius 2 is 1.45 bits per heavy atom. The highest BCUT2D eigenvalue weighted by Gasteiger charge is 2.36. The Bertz CT molecular complexity index is 858. The first-order chi connectivity index (χ1) is 10.4. The van der Waals surface area contributed by atoms with Gasteiger partial charge in [0, 0.05) is 18.3 Å². The maximum absolute atomic E-state index is 12.8. The molecule has 112 valence electrons. The number of nitrogen functional groups attached to an aromatic ring is 4. The van der Waals surface area contributed by atoms with E-state index < -0.39 is 11.6 Å². The van der Waals surface area contributed by atoms with Crippen molar-refractivity contribution in [1.29, 1.82) is 0 Å². The maximum atomic E-state index is 12.8. The first-order valence-electron chi connectivity index (χ1n) is 6.56. The molecule has 1 aliphatic carbocycles. The molecule has 0 aliphatic heterocycles. The number of ketones is 2. The van der Waals surface area contributed by atoms with Gasteiger partial charge in [-0.15, -0.1) is 0 Å². The molecule has 7 nitrogen and oxygen atoms in total. The van der Waals surface area contributed by atoms with Crippen molar-refractivity contribution in [3.05, 3.63) is 40.5 Å². The third kappa shape index (κ3) is 1.50. The Balaban J connectivity index is 2.45. The molecule has 7 heteroatoms. The molecule has 0 heterocycles. The van der Waals surface area contributed by atoms with E-state index in [1.807, 2.05) is 0 Å². The van der Waals surface area contributed by atoms with Crippen LogP contribution in [0.5, 0.6) is 0 Å². The molecule has 1 aliphatic rings. The summed E-state index contributed by atoms with van der Waals surface area (Å²) in [6.45, 7) is 0. The van der Waals surface area contributed by atoms with Gasteiger partial charge in [-0.2, -0.15) is 0 Å². The minimum absolute atomic E-state index is 0.0180. The molecule has 2 aromatic rings. The summed E-state index contributed by atoms with van der Waals surface area (Å²) in [6.07, 6.45) is 0. The number of fused-ring (bicyclic) bond motifs is 2. The van der Waals surface area contributed by atoms with E-state index in [1.54, 1.807) is 25.2 Å². The van der Waals surface area contributed by atoms with Crippen LogP contribution in [0.3, 0.4) is 0 Å². The van der Waals surface area contributed by atoms with Gasteiger partial charge in [0.1, 0.15) is 0 Å². The van der Waals surface area contributed by atoms with Crippen LogP contribution in [-0.2, 0) is 0 Å².